The number of benzene rings is 1. The quantitative estimate of drug-likeness (QED) is 0.786. The Hall–Kier alpha value is -1.92. The highest BCUT2D eigenvalue weighted by molar-refractivity contribution is 5.15. The van der Waals surface area contributed by atoms with E-state index in [0.29, 0.717) is 5.56 Å². The highest BCUT2D eigenvalue weighted by Crippen LogP contribution is 2.26. The summed E-state index contributed by atoms with van der Waals surface area (Å²) >= 11 is 0. The van der Waals surface area contributed by atoms with E-state index in [0.717, 1.165) is 4.68 Å². The Morgan fingerprint density at radius 1 is 1.12 bits per heavy atom. The van der Waals surface area contributed by atoms with Crippen LogP contribution in [0, 0.1) is 0 Å². The smallest absolute Gasteiger partial charge is 0.217 e. The SMILES string of the molecule is FC(F)(F)c1nnnn1Cc1ccccc1. The van der Waals surface area contributed by atoms with Crippen molar-refractivity contribution in [1.29, 1.82) is 0 Å². The van der Waals surface area contributed by atoms with Gasteiger partial charge in [0.25, 0.3) is 5.82 Å². The van der Waals surface area contributed by atoms with Crippen molar-refractivity contribution in [3.05, 3.63) is 41.7 Å². The maximum Gasteiger partial charge on any atom is 0.453 e. The van der Waals surface area contributed by atoms with Crippen LogP contribution in [0.25, 0.3) is 0 Å². The average Bonchev–Trinajstić information content (AvgIpc) is 2.67. The fraction of sp³-hybridized carbons (Fsp3) is 0.222. The molecule has 0 bridgehead atoms. The minimum atomic E-state index is -4.53. The predicted molar refractivity (Wildman–Crippen MR) is 48.4 cm³/mol. The first kappa shape index (κ1) is 10.6. The number of halogens is 3. The van der Waals surface area contributed by atoms with Crippen LogP contribution in [0.1, 0.15) is 11.4 Å². The lowest BCUT2D eigenvalue weighted by Gasteiger charge is -2.06. The van der Waals surface area contributed by atoms with Gasteiger partial charge in [-0.3, -0.25) is 0 Å². The number of hydrogen-bond acceptors (Lipinski definition) is 3. The Kier molecular flexibility index (Phi) is 2.59. The minimum Gasteiger partial charge on any atom is -0.217 e. The van der Waals surface area contributed by atoms with Crippen LogP contribution in [0.15, 0.2) is 30.3 Å². The summed E-state index contributed by atoms with van der Waals surface area (Å²) in [5.74, 6) is -1.09. The summed E-state index contributed by atoms with van der Waals surface area (Å²) in [7, 11) is 0. The van der Waals surface area contributed by atoms with Crippen molar-refractivity contribution in [2.45, 2.75) is 12.7 Å². The number of rotatable bonds is 2. The van der Waals surface area contributed by atoms with Gasteiger partial charge in [-0.25, -0.2) is 4.68 Å². The molecule has 0 unspecified atom stereocenters. The fourth-order valence-electron chi connectivity index (χ4n) is 1.27. The number of tetrazole rings is 1. The van der Waals surface area contributed by atoms with Crippen LogP contribution in [-0.2, 0) is 12.7 Å². The van der Waals surface area contributed by atoms with Crippen molar-refractivity contribution >= 4 is 0 Å². The maximum absolute atomic E-state index is 12.4. The maximum atomic E-state index is 12.4. The topological polar surface area (TPSA) is 43.6 Å². The molecule has 0 radical (unpaired) electrons. The summed E-state index contributed by atoms with van der Waals surface area (Å²) in [5, 5.41) is 9.30. The number of alkyl halides is 3. The van der Waals surface area contributed by atoms with Crippen LogP contribution >= 0.6 is 0 Å². The Bertz CT molecular complexity index is 463. The van der Waals surface area contributed by atoms with Gasteiger partial charge in [-0.15, -0.1) is 5.10 Å². The van der Waals surface area contributed by atoms with Crippen molar-refractivity contribution in [2.24, 2.45) is 0 Å². The zero-order chi connectivity index (χ0) is 11.6. The molecule has 0 aliphatic carbocycles. The lowest BCUT2D eigenvalue weighted by Crippen LogP contribution is -2.16. The highest BCUT2D eigenvalue weighted by Gasteiger charge is 2.37. The molecule has 0 spiro atoms. The van der Waals surface area contributed by atoms with Gasteiger partial charge in [-0.2, -0.15) is 13.2 Å². The van der Waals surface area contributed by atoms with E-state index in [2.05, 4.69) is 15.5 Å². The molecule has 1 heterocycles. The van der Waals surface area contributed by atoms with Crippen LogP contribution in [0.4, 0.5) is 13.2 Å². The summed E-state index contributed by atoms with van der Waals surface area (Å²) < 4.78 is 38.0. The summed E-state index contributed by atoms with van der Waals surface area (Å²) in [6.45, 7) is 0.00266. The van der Waals surface area contributed by atoms with Gasteiger partial charge in [0.15, 0.2) is 0 Å². The van der Waals surface area contributed by atoms with Crippen LogP contribution in [0.3, 0.4) is 0 Å². The molecule has 1 aromatic heterocycles. The molecular formula is C9H7F3N4. The predicted octanol–water partition coefficient (Wildman–Crippen LogP) is 1.74. The van der Waals surface area contributed by atoms with E-state index in [1.54, 1.807) is 30.3 Å². The van der Waals surface area contributed by atoms with Crippen LogP contribution in [0.2, 0.25) is 0 Å². The Morgan fingerprint density at radius 2 is 1.81 bits per heavy atom. The molecule has 4 nitrogen and oxygen atoms in total. The molecule has 0 aliphatic heterocycles. The Labute approximate surface area is 88.7 Å². The molecule has 0 amide bonds. The monoisotopic (exact) mass is 228 g/mol. The molecule has 0 aliphatic rings. The molecule has 2 rings (SSSR count). The standard InChI is InChI=1S/C9H7F3N4/c10-9(11,12)8-13-14-15-16(8)6-7-4-2-1-3-5-7/h1-5H,6H2. The first-order chi connectivity index (χ1) is 7.57. The van der Waals surface area contributed by atoms with Gasteiger partial charge >= 0.3 is 6.18 Å². The lowest BCUT2D eigenvalue weighted by atomic mass is 10.2. The third-order valence-corrected chi connectivity index (χ3v) is 1.96. The second-order valence-corrected chi connectivity index (χ2v) is 3.14. The molecule has 16 heavy (non-hydrogen) atoms. The van der Waals surface area contributed by atoms with Gasteiger partial charge in [0.1, 0.15) is 0 Å². The second-order valence-electron chi connectivity index (χ2n) is 3.14. The Morgan fingerprint density at radius 3 is 2.44 bits per heavy atom. The fourth-order valence-corrected chi connectivity index (χ4v) is 1.27. The first-order valence-electron chi connectivity index (χ1n) is 4.44. The van der Waals surface area contributed by atoms with Crippen molar-refractivity contribution in [3.63, 3.8) is 0 Å². The van der Waals surface area contributed by atoms with Crippen molar-refractivity contribution in [3.8, 4) is 0 Å². The Balaban J connectivity index is 2.26. The molecule has 0 saturated carbocycles. The van der Waals surface area contributed by atoms with Crippen LogP contribution in [-0.4, -0.2) is 20.2 Å². The van der Waals surface area contributed by atoms with Crippen molar-refractivity contribution in [2.75, 3.05) is 0 Å². The number of aromatic nitrogens is 4. The minimum absolute atomic E-state index is 0.00266. The normalized spacial score (nSPS) is 11.7. The van der Waals surface area contributed by atoms with E-state index in [-0.39, 0.29) is 6.54 Å². The van der Waals surface area contributed by atoms with Crippen LogP contribution < -0.4 is 0 Å². The molecule has 1 aromatic carbocycles. The molecule has 7 heteroatoms. The second kappa shape index (κ2) is 3.92. The number of nitrogens with zero attached hydrogens (tertiary/aromatic N) is 4. The molecule has 2 aromatic rings. The summed E-state index contributed by atoms with van der Waals surface area (Å²) in [6, 6.07) is 8.69. The molecule has 84 valence electrons. The summed E-state index contributed by atoms with van der Waals surface area (Å²) in [5.41, 5.74) is 0.709. The molecule has 0 atom stereocenters. The molecule has 0 fully saturated rings. The lowest BCUT2D eigenvalue weighted by molar-refractivity contribution is -0.147. The summed E-state index contributed by atoms with van der Waals surface area (Å²) in [6.07, 6.45) is -4.53. The van der Waals surface area contributed by atoms with E-state index in [1.807, 2.05) is 0 Å². The van der Waals surface area contributed by atoms with Crippen molar-refractivity contribution in [1.82, 2.24) is 20.2 Å². The molecular weight excluding hydrogens is 221 g/mol. The van der Waals surface area contributed by atoms with E-state index >= 15 is 0 Å². The van der Waals surface area contributed by atoms with Gasteiger partial charge < -0.3 is 0 Å². The summed E-state index contributed by atoms with van der Waals surface area (Å²) in [4.78, 5) is 0. The van der Waals surface area contributed by atoms with Gasteiger partial charge in [-0.1, -0.05) is 30.3 Å². The van der Waals surface area contributed by atoms with Gasteiger partial charge in [0.05, 0.1) is 6.54 Å². The van der Waals surface area contributed by atoms with Crippen molar-refractivity contribution < 1.29 is 13.2 Å². The van der Waals surface area contributed by atoms with E-state index in [1.165, 1.54) is 0 Å². The zero-order valence-electron chi connectivity index (χ0n) is 8.02. The van der Waals surface area contributed by atoms with E-state index in [9.17, 15) is 13.2 Å². The van der Waals surface area contributed by atoms with Gasteiger partial charge in [-0.05, 0) is 16.0 Å². The van der Waals surface area contributed by atoms with E-state index in [4.69, 9.17) is 0 Å². The average molecular weight is 228 g/mol. The zero-order valence-corrected chi connectivity index (χ0v) is 8.02. The van der Waals surface area contributed by atoms with Gasteiger partial charge in [0.2, 0.25) is 0 Å². The van der Waals surface area contributed by atoms with Gasteiger partial charge in [0, 0.05) is 0 Å². The third-order valence-electron chi connectivity index (χ3n) is 1.96. The molecule has 0 saturated heterocycles. The highest BCUT2D eigenvalue weighted by atomic mass is 19.4. The first-order valence-corrected chi connectivity index (χ1v) is 4.44. The molecule has 0 N–H and O–H groups in total. The number of hydrogen-bond donors (Lipinski definition) is 0. The largest absolute Gasteiger partial charge is 0.453 e. The van der Waals surface area contributed by atoms with Crippen LogP contribution in [0.5, 0.6) is 0 Å². The third kappa shape index (κ3) is 2.18. The van der Waals surface area contributed by atoms with E-state index < -0.39 is 12.0 Å².